The number of nitrogens with zero attached hydrogens (tertiary/aromatic N) is 1. The summed E-state index contributed by atoms with van der Waals surface area (Å²) >= 11 is 0. The summed E-state index contributed by atoms with van der Waals surface area (Å²) in [5.41, 5.74) is 4.48. The molecule has 6 heteroatoms. The molecule has 1 unspecified atom stereocenters. The van der Waals surface area contributed by atoms with Gasteiger partial charge in [0.05, 0.1) is 14.2 Å². The van der Waals surface area contributed by atoms with Gasteiger partial charge in [0.1, 0.15) is 6.10 Å². The van der Waals surface area contributed by atoms with Gasteiger partial charge in [-0.05, 0) is 66.8 Å². The van der Waals surface area contributed by atoms with Crippen LogP contribution in [0.4, 0.5) is 11.4 Å². The van der Waals surface area contributed by atoms with E-state index in [1.54, 1.807) is 14.2 Å². The SMILES string of the molecule is COc1cc2c(cc1OC)CN(c1ccc(NC(=O)C3CCCO3)cc1)CC2. The van der Waals surface area contributed by atoms with E-state index >= 15 is 0 Å². The quantitative estimate of drug-likeness (QED) is 0.859. The first-order valence-corrected chi connectivity index (χ1v) is 9.69. The van der Waals surface area contributed by atoms with Gasteiger partial charge < -0.3 is 24.4 Å². The zero-order chi connectivity index (χ0) is 19.5. The molecule has 1 amide bonds. The minimum atomic E-state index is -0.315. The summed E-state index contributed by atoms with van der Waals surface area (Å²) in [6.45, 7) is 2.42. The molecule has 0 saturated carbocycles. The van der Waals surface area contributed by atoms with Crippen LogP contribution in [-0.4, -0.2) is 39.4 Å². The van der Waals surface area contributed by atoms with Gasteiger partial charge in [-0.25, -0.2) is 0 Å². The number of anilines is 2. The van der Waals surface area contributed by atoms with Crippen LogP contribution in [0.2, 0.25) is 0 Å². The maximum atomic E-state index is 12.2. The highest BCUT2D eigenvalue weighted by molar-refractivity contribution is 5.94. The minimum absolute atomic E-state index is 0.0572. The number of carbonyl (C=O) groups excluding carboxylic acids is 1. The lowest BCUT2D eigenvalue weighted by atomic mass is 9.98. The summed E-state index contributed by atoms with van der Waals surface area (Å²) in [4.78, 5) is 14.5. The third-order valence-corrected chi connectivity index (χ3v) is 5.44. The van der Waals surface area contributed by atoms with Crippen LogP contribution in [0.15, 0.2) is 36.4 Å². The van der Waals surface area contributed by atoms with E-state index in [1.165, 1.54) is 11.1 Å². The third kappa shape index (κ3) is 3.78. The van der Waals surface area contributed by atoms with E-state index in [1.807, 2.05) is 12.1 Å². The highest BCUT2D eigenvalue weighted by atomic mass is 16.5. The van der Waals surface area contributed by atoms with Crippen LogP contribution in [0.5, 0.6) is 11.5 Å². The molecule has 0 spiro atoms. The third-order valence-electron chi connectivity index (χ3n) is 5.44. The fraction of sp³-hybridized carbons (Fsp3) is 0.409. The molecule has 0 aromatic heterocycles. The normalized spacial score (nSPS) is 18.5. The van der Waals surface area contributed by atoms with E-state index in [2.05, 4.69) is 34.5 Å². The number of fused-ring (bicyclic) bond motifs is 1. The molecule has 1 atom stereocenters. The van der Waals surface area contributed by atoms with Crippen LogP contribution in [0.1, 0.15) is 24.0 Å². The van der Waals surface area contributed by atoms with Crippen molar-refractivity contribution in [1.82, 2.24) is 0 Å². The zero-order valence-electron chi connectivity index (χ0n) is 16.4. The van der Waals surface area contributed by atoms with Crippen molar-refractivity contribution >= 4 is 17.3 Å². The van der Waals surface area contributed by atoms with Crippen LogP contribution in [-0.2, 0) is 22.5 Å². The first kappa shape index (κ1) is 18.6. The molecular weight excluding hydrogens is 356 g/mol. The molecule has 2 aromatic carbocycles. The number of amides is 1. The van der Waals surface area contributed by atoms with Crippen LogP contribution in [0.25, 0.3) is 0 Å². The van der Waals surface area contributed by atoms with Gasteiger partial charge in [0.15, 0.2) is 11.5 Å². The topological polar surface area (TPSA) is 60.0 Å². The monoisotopic (exact) mass is 382 g/mol. The molecule has 6 nitrogen and oxygen atoms in total. The first-order chi connectivity index (χ1) is 13.7. The molecule has 1 N–H and O–H groups in total. The minimum Gasteiger partial charge on any atom is -0.493 e. The van der Waals surface area contributed by atoms with Gasteiger partial charge in [-0.1, -0.05) is 0 Å². The van der Waals surface area contributed by atoms with Crippen molar-refractivity contribution in [2.75, 3.05) is 37.6 Å². The molecule has 2 aliphatic rings. The van der Waals surface area contributed by atoms with E-state index in [-0.39, 0.29) is 12.0 Å². The Morgan fingerprint density at radius 3 is 2.46 bits per heavy atom. The van der Waals surface area contributed by atoms with E-state index in [0.29, 0.717) is 6.61 Å². The van der Waals surface area contributed by atoms with Crippen LogP contribution in [0.3, 0.4) is 0 Å². The summed E-state index contributed by atoms with van der Waals surface area (Å²) < 4.78 is 16.3. The Kier molecular flexibility index (Phi) is 5.39. The smallest absolute Gasteiger partial charge is 0.253 e. The predicted molar refractivity (Wildman–Crippen MR) is 108 cm³/mol. The van der Waals surface area contributed by atoms with Crippen molar-refractivity contribution in [2.24, 2.45) is 0 Å². The fourth-order valence-corrected chi connectivity index (χ4v) is 3.87. The molecule has 0 aliphatic carbocycles. The standard InChI is InChI=1S/C22H26N2O4/c1-26-20-12-15-9-10-24(14-16(15)13-21(20)27-2)18-7-5-17(6-8-18)23-22(25)19-4-3-11-28-19/h5-8,12-13,19H,3-4,9-11,14H2,1-2H3,(H,23,25). The molecule has 0 radical (unpaired) electrons. The van der Waals surface area contributed by atoms with Gasteiger partial charge in [-0.15, -0.1) is 0 Å². The number of ether oxygens (including phenoxy) is 3. The van der Waals surface area contributed by atoms with E-state index in [4.69, 9.17) is 14.2 Å². The Balaban J connectivity index is 1.44. The summed E-state index contributed by atoms with van der Waals surface area (Å²) in [5, 5.41) is 2.94. The molecule has 2 heterocycles. The van der Waals surface area contributed by atoms with Gasteiger partial charge >= 0.3 is 0 Å². The summed E-state index contributed by atoms with van der Waals surface area (Å²) in [6.07, 6.45) is 2.38. The fourth-order valence-electron chi connectivity index (χ4n) is 3.87. The van der Waals surface area contributed by atoms with E-state index < -0.39 is 0 Å². The number of hydrogen-bond acceptors (Lipinski definition) is 5. The molecule has 4 rings (SSSR count). The Labute approximate surface area is 165 Å². The number of hydrogen-bond donors (Lipinski definition) is 1. The van der Waals surface area contributed by atoms with Crippen LogP contribution >= 0.6 is 0 Å². The van der Waals surface area contributed by atoms with Crippen molar-refractivity contribution < 1.29 is 19.0 Å². The Morgan fingerprint density at radius 1 is 1.11 bits per heavy atom. The van der Waals surface area contributed by atoms with Gasteiger partial charge in [-0.2, -0.15) is 0 Å². The largest absolute Gasteiger partial charge is 0.493 e. The van der Waals surface area contributed by atoms with Gasteiger partial charge in [0.25, 0.3) is 5.91 Å². The number of rotatable bonds is 5. The maximum Gasteiger partial charge on any atom is 0.253 e. The number of carbonyl (C=O) groups is 1. The van der Waals surface area contributed by atoms with Crippen molar-refractivity contribution in [2.45, 2.75) is 31.9 Å². The second-order valence-electron chi connectivity index (χ2n) is 7.19. The van der Waals surface area contributed by atoms with Crippen molar-refractivity contribution in [3.63, 3.8) is 0 Å². The van der Waals surface area contributed by atoms with E-state index in [0.717, 1.165) is 55.2 Å². The second kappa shape index (κ2) is 8.10. The Hall–Kier alpha value is -2.73. The molecular formula is C22H26N2O4. The van der Waals surface area contributed by atoms with Gasteiger partial charge in [0, 0.05) is 31.1 Å². The number of methoxy groups -OCH3 is 2. The van der Waals surface area contributed by atoms with E-state index in [9.17, 15) is 4.79 Å². The molecule has 2 aromatic rings. The number of benzene rings is 2. The summed E-state index contributed by atoms with van der Waals surface area (Å²) in [5.74, 6) is 1.48. The second-order valence-corrected chi connectivity index (χ2v) is 7.19. The summed E-state index contributed by atoms with van der Waals surface area (Å²) in [7, 11) is 3.33. The summed E-state index contributed by atoms with van der Waals surface area (Å²) in [6, 6.07) is 12.2. The average Bonchev–Trinajstić information content (AvgIpc) is 3.28. The number of nitrogens with one attached hydrogen (secondary N) is 1. The predicted octanol–water partition coefficient (Wildman–Crippen LogP) is 3.38. The molecule has 1 fully saturated rings. The van der Waals surface area contributed by atoms with Crippen molar-refractivity contribution in [3.8, 4) is 11.5 Å². The van der Waals surface area contributed by atoms with Crippen LogP contribution in [0, 0.1) is 0 Å². The van der Waals surface area contributed by atoms with Gasteiger partial charge in [0.2, 0.25) is 0 Å². The lowest BCUT2D eigenvalue weighted by Crippen LogP contribution is -2.30. The molecule has 0 bridgehead atoms. The molecule has 148 valence electrons. The lowest BCUT2D eigenvalue weighted by molar-refractivity contribution is -0.124. The Bertz CT molecular complexity index is 844. The Morgan fingerprint density at radius 2 is 1.82 bits per heavy atom. The molecule has 28 heavy (non-hydrogen) atoms. The highest BCUT2D eigenvalue weighted by Gasteiger charge is 2.24. The maximum absolute atomic E-state index is 12.2. The van der Waals surface area contributed by atoms with Crippen molar-refractivity contribution in [3.05, 3.63) is 47.5 Å². The van der Waals surface area contributed by atoms with Gasteiger partial charge in [-0.3, -0.25) is 4.79 Å². The first-order valence-electron chi connectivity index (χ1n) is 9.69. The molecule has 1 saturated heterocycles. The highest BCUT2D eigenvalue weighted by Crippen LogP contribution is 2.34. The van der Waals surface area contributed by atoms with Crippen LogP contribution < -0.4 is 19.7 Å². The molecule has 2 aliphatic heterocycles. The average molecular weight is 382 g/mol. The lowest BCUT2D eigenvalue weighted by Gasteiger charge is -2.31. The zero-order valence-corrected chi connectivity index (χ0v) is 16.4. The van der Waals surface area contributed by atoms with Crippen molar-refractivity contribution in [1.29, 1.82) is 0 Å².